The molecule has 6 heavy (non-hydrogen) atoms. The second kappa shape index (κ2) is 5.56. The molecule has 0 saturated heterocycles. The monoisotopic (exact) mass is 147 g/mol. The molecule has 37 valence electrons. The zero-order valence-corrected chi connectivity index (χ0v) is 6.54. The molecule has 0 heterocycles. The van der Waals surface area contributed by atoms with Gasteiger partial charge in [0, 0.05) is 0 Å². The summed E-state index contributed by atoms with van der Waals surface area (Å²) in [7, 11) is 0. The summed E-state index contributed by atoms with van der Waals surface area (Å²) in [6, 6.07) is 0. The van der Waals surface area contributed by atoms with Gasteiger partial charge in [-0.15, -0.1) is 0 Å². The van der Waals surface area contributed by atoms with E-state index in [1.54, 1.807) is 0 Å². The minimum absolute atomic E-state index is 1.12. The summed E-state index contributed by atoms with van der Waals surface area (Å²) in [5.41, 5.74) is 0. The molecule has 0 amide bonds. The SMILES string of the molecule is [CH2]CCCC[AsH2]. The Labute approximate surface area is 48.8 Å². The second-order valence-electron chi connectivity index (χ2n) is 1.35. The predicted octanol–water partition coefficient (Wildman–Crippen LogP) is 1.04. The van der Waals surface area contributed by atoms with E-state index >= 15 is 0 Å². The number of rotatable bonds is 3. The standard InChI is InChI=1S/C5H12As/c1-2-3-4-5-6/h1-6H2. The molecule has 0 aliphatic rings. The summed E-state index contributed by atoms with van der Waals surface area (Å²) < 4.78 is 0. The van der Waals surface area contributed by atoms with Crippen molar-refractivity contribution in [3.05, 3.63) is 6.92 Å². The molecule has 0 aliphatic carbocycles. The molecule has 0 rings (SSSR count). The summed E-state index contributed by atoms with van der Waals surface area (Å²) in [4.78, 5) is 0. The van der Waals surface area contributed by atoms with Gasteiger partial charge in [0.15, 0.2) is 0 Å². The van der Waals surface area contributed by atoms with Crippen LogP contribution in [0.25, 0.3) is 0 Å². The van der Waals surface area contributed by atoms with Gasteiger partial charge in [-0.1, -0.05) is 0 Å². The molecule has 0 N–H and O–H groups in total. The van der Waals surface area contributed by atoms with Gasteiger partial charge < -0.3 is 0 Å². The van der Waals surface area contributed by atoms with Crippen LogP contribution in [0.1, 0.15) is 19.3 Å². The van der Waals surface area contributed by atoms with Crippen LogP contribution in [0.15, 0.2) is 0 Å². The molecule has 0 saturated carbocycles. The van der Waals surface area contributed by atoms with Crippen LogP contribution in [-0.4, -0.2) is 16.9 Å². The molecule has 1 atom stereocenters. The Morgan fingerprint density at radius 1 is 1.33 bits per heavy atom. The van der Waals surface area contributed by atoms with Gasteiger partial charge in [-0.05, 0) is 0 Å². The van der Waals surface area contributed by atoms with Crippen LogP contribution in [-0.2, 0) is 0 Å². The van der Waals surface area contributed by atoms with Gasteiger partial charge in [0.1, 0.15) is 0 Å². The van der Waals surface area contributed by atoms with Gasteiger partial charge in [0.25, 0.3) is 0 Å². The number of hydrogen-bond acceptors (Lipinski definition) is 0. The number of unbranched alkanes of at least 4 members (excludes halogenated alkanes) is 2. The van der Waals surface area contributed by atoms with Gasteiger partial charge in [-0.3, -0.25) is 0 Å². The van der Waals surface area contributed by atoms with Crippen LogP contribution in [0, 0.1) is 6.92 Å². The third-order valence-corrected chi connectivity index (χ3v) is 1.56. The molecule has 1 radical (unpaired) electrons. The summed E-state index contributed by atoms with van der Waals surface area (Å²) in [5, 5.41) is 1.38. The van der Waals surface area contributed by atoms with E-state index < -0.39 is 0 Å². The molecule has 0 aromatic heterocycles. The van der Waals surface area contributed by atoms with Gasteiger partial charge in [0.05, 0.1) is 0 Å². The summed E-state index contributed by atoms with van der Waals surface area (Å²) in [6.45, 7) is 3.73. The van der Waals surface area contributed by atoms with Crippen molar-refractivity contribution < 1.29 is 0 Å². The second-order valence-corrected chi connectivity index (χ2v) is 2.56. The van der Waals surface area contributed by atoms with E-state index in [1.165, 1.54) is 18.1 Å². The van der Waals surface area contributed by atoms with E-state index in [1.807, 2.05) is 16.9 Å². The Morgan fingerprint density at radius 3 is 2.17 bits per heavy atom. The summed E-state index contributed by atoms with van der Waals surface area (Å²) >= 11 is 1.83. The van der Waals surface area contributed by atoms with Crippen molar-refractivity contribution in [2.45, 2.75) is 24.5 Å². The molecular formula is C5H12As. The van der Waals surface area contributed by atoms with Gasteiger partial charge in [-0.2, -0.15) is 0 Å². The molecule has 0 nitrogen and oxygen atoms in total. The third-order valence-electron chi connectivity index (χ3n) is 0.704. The first-order valence-corrected chi connectivity index (χ1v) is 4.12. The fourth-order valence-electron chi connectivity index (χ4n) is 0.321. The third kappa shape index (κ3) is 4.56. The van der Waals surface area contributed by atoms with Gasteiger partial charge in [0.2, 0.25) is 0 Å². The first-order valence-electron chi connectivity index (χ1n) is 2.41. The quantitative estimate of drug-likeness (QED) is 0.413. The first-order chi connectivity index (χ1) is 2.91. The van der Waals surface area contributed by atoms with Crippen LogP contribution in [0.4, 0.5) is 0 Å². The van der Waals surface area contributed by atoms with Crippen LogP contribution in [0.3, 0.4) is 0 Å². The van der Waals surface area contributed by atoms with Gasteiger partial charge in [-0.25, -0.2) is 0 Å². The minimum atomic E-state index is 1.12. The fraction of sp³-hybridized carbons (Fsp3) is 0.800. The average Bonchev–Trinajstić information content (AvgIpc) is 1.61. The van der Waals surface area contributed by atoms with Crippen molar-refractivity contribution in [3.63, 3.8) is 0 Å². The molecular weight excluding hydrogens is 135 g/mol. The molecule has 0 aromatic carbocycles. The zero-order valence-electron chi connectivity index (χ0n) is 4.11. The van der Waals surface area contributed by atoms with Crippen molar-refractivity contribution in [1.82, 2.24) is 0 Å². The molecule has 0 aromatic rings. The Hall–Kier alpha value is 0.558. The zero-order chi connectivity index (χ0) is 4.83. The Bertz CT molecular complexity index is 15.9. The Kier molecular flexibility index (Phi) is 6.08. The van der Waals surface area contributed by atoms with E-state index in [0.717, 1.165) is 6.42 Å². The predicted molar refractivity (Wildman–Crippen MR) is 32.6 cm³/mol. The molecule has 0 fully saturated rings. The molecule has 0 aliphatic heterocycles. The van der Waals surface area contributed by atoms with Crippen molar-refractivity contribution in [1.29, 1.82) is 0 Å². The van der Waals surface area contributed by atoms with Crippen LogP contribution in [0.5, 0.6) is 0 Å². The molecule has 0 spiro atoms. The van der Waals surface area contributed by atoms with E-state index in [9.17, 15) is 0 Å². The topological polar surface area (TPSA) is 0 Å². The summed E-state index contributed by atoms with van der Waals surface area (Å²) in [5.74, 6) is 0. The van der Waals surface area contributed by atoms with Crippen LogP contribution >= 0.6 is 0 Å². The molecule has 0 bridgehead atoms. The van der Waals surface area contributed by atoms with E-state index in [-0.39, 0.29) is 0 Å². The normalized spacial score (nSPS) is 9.00. The van der Waals surface area contributed by atoms with Crippen LogP contribution in [0.2, 0.25) is 5.21 Å². The maximum atomic E-state index is 3.73. The fourth-order valence-corrected chi connectivity index (χ4v) is 0.927. The summed E-state index contributed by atoms with van der Waals surface area (Å²) in [6.07, 6.45) is 3.81. The van der Waals surface area contributed by atoms with Crippen molar-refractivity contribution in [2.24, 2.45) is 0 Å². The van der Waals surface area contributed by atoms with Crippen molar-refractivity contribution >= 4 is 16.9 Å². The Balaban J connectivity index is 2.34. The molecule has 1 heteroatoms. The maximum absolute atomic E-state index is 3.73. The van der Waals surface area contributed by atoms with Crippen molar-refractivity contribution in [2.75, 3.05) is 0 Å². The Morgan fingerprint density at radius 2 is 2.00 bits per heavy atom. The average molecular weight is 147 g/mol. The van der Waals surface area contributed by atoms with Crippen molar-refractivity contribution in [3.8, 4) is 0 Å². The van der Waals surface area contributed by atoms with E-state index in [0.29, 0.717) is 0 Å². The number of hydrogen-bond donors (Lipinski definition) is 0. The first kappa shape index (κ1) is 6.56. The van der Waals surface area contributed by atoms with E-state index in [4.69, 9.17) is 0 Å². The van der Waals surface area contributed by atoms with E-state index in [2.05, 4.69) is 6.92 Å². The molecule has 1 unspecified atom stereocenters. The van der Waals surface area contributed by atoms with Gasteiger partial charge >= 0.3 is 48.2 Å². The van der Waals surface area contributed by atoms with Crippen LogP contribution < -0.4 is 0 Å².